The molecule has 2 aromatic heterocycles. The van der Waals surface area contributed by atoms with Gasteiger partial charge in [-0.25, -0.2) is 4.98 Å². The van der Waals surface area contributed by atoms with E-state index >= 15 is 0 Å². The van der Waals surface area contributed by atoms with E-state index in [2.05, 4.69) is 15.2 Å². The molecule has 0 amide bonds. The second-order valence-electron chi connectivity index (χ2n) is 5.20. The van der Waals surface area contributed by atoms with Gasteiger partial charge in [-0.1, -0.05) is 23.7 Å². The van der Waals surface area contributed by atoms with Gasteiger partial charge in [0.1, 0.15) is 5.65 Å². The molecule has 0 aliphatic heterocycles. The fraction of sp³-hybridized carbons (Fsp3) is 0.176. The number of aryl methyl sites for hydroxylation is 1. The summed E-state index contributed by atoms with van der Waals surface area (Å²) >= 11 is 6.11. The fourth-order valence-corrected chi connectivity index (χ4v) is 2.39. The summed E-state index contributed by atoms with van der Waals surface area (Å²) in [5, 5.41) is 9.13. The van der Waals surface area contributed by atoms with Crippen LogP contribution >= 0.6 is 11.6 Å². The van der Waals surface area contributed by atoms with Crippen molar-refractivity contribution in [2.24, 2.45) is 10.2 Å². The molecular weight excluding hydrogens is 328 g/mol. The maximum atomic E-state index is 11.6. The molecule has 0 saturated heterocycles. The average molecular weight is 343 g/mol. The van der Waals surface area contributed by atoms with Gasteiger partial charge in [-0.15, -0.1) is 10.2 Å². The van der Waals surface area contributed by atoms with Gasteiger partial charge in [0.05, 0.1) is 24.9 Å². The second kappa shape index (κ2) is 6.80. The number of nitrogens with zero attached hydrogens (tertiary/aromatic N) is 4. The Morgan fingerprint density at radius 3 is 2.88 bits per heavy atom. The van der Waals surface area contributed by atoms with Gasteiger partial charge in [-0.2, -0.15) is 0 Å². The topological polar surface area (TPSA) is 68.3 Å². The summed E-state index contributed by atoms with van der Waals surface area (Å²) < 4.78 is 6.49. The van der Waals surface area contributed by atoms with E-state index in [9.17, 15) is 4.79 Å². The number of azo groups is 1. The molecule has 122 valence electrons. The summed E-state index contributed by atoms with van der Waals surface area (Å²) in [5.41, 5.74) is 2.79. The quantitative estimate of drug-likeness (QED) is 0.520. The standard InChI is InChI=1S/C17H15ClN4O2/c1-11-6-7-12(9-13(11)18)20-21-17-14(10-16(23)24-2)19-15-5-3-4-8-22(15)17/h3-9H,10H2,1-2H3. The first kappa shape index (κ1) is 16.1. The number of carbonyl (C=O) groups is 1. The summed E-state index contributed by atoms with van der Waals surface area (Å²) in [4.78, 5) is 16.0. The number of hydrogen-bond donors (Lipinski definition) is 0. The second-order valence-corrected chi connectivity index (χ2v) is 5.60. The van der Waals surface area contributed by atoms with Crippen molar-refractivity contribution in [1.82, 2.24) is 9.38 Å². The number of pyridine rings is 1. The summed E-state index contributed by atoms with van der Waals surface area (Å²) in [6.45, 7) is 1.92. The summed E-state index contributed by atoms with van der Waals surface area (Å²) in [6.07, 6.45) is 1.85. The maximum Gasteiger partial charge on any atom is 0.311 e. The van der Waals surface area contributed by atoms with Crippen molar-refractivity contribution in [3.8, 4) is 0 Å². The molecule has 7 heteroatoms. The third-order valence-electron chi connectivity index (χ3n) is 3.53. The molecule has 0 fully saturated rings. The smallest absolute Gasteiger partial charge is 0.311 e. The zero-order valence-electron chi connectivity index (χ0n) is 13.2. The van der Waals surface area contributed by atoms with Gasteiger partial charge < -0.3 is 4.74 Å². The van der Waals surface area contributed by atoms with Crippen LogP contribution in [-0.2, 0) is 16.0 Å². The van der Waals surface area contributed by atoms with Crippen LogP contribution in [-0.4, -0.2) is 22.5 Å². The molecule has 3 rings (SSSR count). The zero-order valence-corrected chi connectivity index (χ0v) is 14.0. The van der Waals surface area contributed by atoms with Crippen molar-refractivity contribution in [2.75, 3.05) is 7.11 Å². The van der Waals surface area contributed by atoms with Crippen molar-refractivity contribution >= 4 is 34.7 Å². The molecule has 0 N–H and O–H groups in total. The molecule has 2 heterocycles. The molecule has 1 aromatic carbocycles. The predicted molar refractivity (Wildman–Crippen MR) is 91.3 cm³/mol. The Morgan fingerprint density at radius 1 is 1.29 bits per heavy atom. The van der Waals surface area contributed by atoms with Gasteiger partial charge in [0, 0.05) is 11.2 Å². The van der Waals surface area contributed by atoms with Crippen LogP contribution in [0.15, 0.2) is 52.8 Å². The van der Waals surface area contributed by atoms with E-state index in [1.807, 2.05) is 43.5 Å². The minimum Gasteiger partial charge on any atom is -0.469 e. The number of imidazole rings is 1. The van der Waals surface area contributed by atoms with Gasteiger partial charge in [-0.05, 0) is 36.8 Å². The Labute approximate surface area is 143 Å². The van der Waals surface area contributed by atoms with Crippen molar-refractivity contribution in [3.05, 3.63) is 58.9 Å². The number of hydrogen-bond acceptors (Lipinski definition) is 5. The molecule has 0 spiro atoms. The van der Waals surface area contributed by atoms with Crippen LogP contribution < -0.4 is 0 Å². The Hall–Kier alpha value is -2.73. The monoisotopic (exact) mass is 342 g/mol. The minimum atomic E-state index is -0.381. The highest BCUT2D eigenvalue weighted by Gasteiger charge is 2.15. The highest BCUT2D eigenvalue weighted by atomic mass is 35.5. The molecule has 6 nitrogen and oxygen atoms in total. The highest BCUT2D eigenvalue weighted by molar-refractivity contribution is 6.31. The van der Waals surface area contributed by atoms with Crippen molar-refractivity contribution < 1.29 is 9.53 Å². The van der Waals surface area contributed by atoms with E-state index in [1.165, 1.54) is 7.11 Å². The van der Waals surface area contributed by atoms with Crippen molar-refractivity contribution in [1.29, 1.82) is 0 Å². The Kier molecular flexibility index (Phi) is 4.57. The lowest BCUT2D eigenvalue weighted by atomic mass is 10.2. The lowest BCUT2D eigenvalue weighted by Crippen LogP contribution is -2.04. The maximum absolute atomic E-state index is 11.6. The summed E-state index contributed by atoms with van der Waals surface area (Å²) in [7, 11) is 1.34. The average Bonchev–Trinajstić information content (AvgIpc) is 2.93. The Morgan fingerprint density at radius 2 is 2.12 bits per heavy atom. The highest BCUT2D eigenvalue weighted by Crippen LogP contribution is 2.27. The first-order valence-corrected chi connectivity index (χ1v) is 7.67. The third-order valence-corrected chi connectivity index (χ3v) is 3.94. The molecular formula is C17H15ClN4O2. The van der Waals surface area contributed by atoms with Crippen molar-refractivity contribution in [3.63, 3.8) is 0 Å². The van der Waals surface area contributed by atoms with Crippen LogP contribution in [0, 0.1) is 6.92 Å². The van der Waals surface area contributed by atoms with Crippen molar-refractivity contribution in [2.45, 2.75) is 13.3 Å². The number of halogens is 1. The number of fused-ring (bicyclic) bond motifs is 1. The van der Waals surface area contributed by atoms with E-state index in [1.54, 1.807) is 10.5 Å². The molecule has 0 unspecified atom stereocenters. The molecule has 0 radical (unpaired) electrons. The normalized spacial score (nSPS) is 11.3. The van der Waals surface area contributed by atoms with Gasteiger partial charge in [0.15, 0.2) is 5.82 Å². The number of esters is 1. The molecule has 0 bridgehead atoms. The summed E-state index contributed by atoms with van der Waals surface area (Å²) in [6, 6.07) is 11.0. The van der Waals surface area contributed by atoms with E-state index in [0.717, 1.165) is 5.56 Å². The largest absolute Gasteiger partial charge is 0.469 e. The molecule has 0 aliphatic rings. The predicted octanol–water partition coefficient (Wildman–Crippen LogP) is 4.43. The zero-order chi connectivity index (χ0) is 17.1. The van der Waals surface area contributed by atoms with E-state index in [4.69, 9.17) is 16.3 Å². The van der Waals surface area contributed by atoms with E-state index in [-0.39, 0.29) is 12.4 Å². The molecule has 24 heavy (non-hydrogen) atoms. The van der Waals surface area contributed by atoms with E-state index < -0.39 is 0 Å². The van der Waals surface area contributed by atoms with Crippen LogP contribution in [0.5, 0.6) is 0 Å². The van der Waals surface area contributed by atoms with Gasteiger partial charge in [-0.3, -0.25) is 9.20 Å². The number of ether oxygens (including phenoxy) is 1. The van der Waals surface area contributed by atoms with Crippen LogP contribution in [0.2, 0.25) is 5.02 Å². The molecule has 0 saturated carbocycles. The lowest BCUT2D eigenvalue weighted by Gasteiger charge is -2.00. The number of methoxy groups -OCH3 is 1. The number of carbonyl (C=O) groups excluding carboxylic acids is 1. The Balaban J connectivity index is 2.02. The first-order valence-electron chi connectivity index (χ1n) is 7.29. The lowest BCUT2D eigenvalue weighted by molar-refractivity contribution is -0.139. The minimum absolute atomic E-state index is 0.0290. The number of aromatic nitrogens is 2. The third kappa shape index (κ3) is 3.28. The summed E-state index contributed by atoms with van der Waals surface area (Å²) in [5.74, 6) is 0.112. The first-order chi connectivity index (χ1) is 11.6. The molecule has 0 aliphatic carbocycles. The number of rotatable bonds is 4. The Bertz CT molecular complexity index is 933. The fourth-order valence-electron chi connectivity index (χ4n) is 2.21. The van der Waals surface area contributed by atoms with Gasteiger partial charge >= 0.3 is 5.97 Å². The van der Waals surface area contributed by atoms with Gasteiger partial charge in [0.25, 0.3) is 0 Å². The van der Waals surface area contributed by atoms with Crippen LogP contribution in [0.4, 0.5) is 11.5 Å². The van der Waals surface area contributed by atoms with Gasteiger partial charge in [0.2, 0.25) is 0 Å². The number of benzene rings is 1. The molecule has 3 aromatic rings. The SMILES string of the molecule is COC(=O)Cc1nc2ccccn2c1N=Nc1ccc(C)c(Cl)c1. The van der Waals surface area contributed by atoms with Crippen LogP contribution in [0.25, 0.3) is 5.65 Å². The van der Waals surface area contributed by atoms with Crippen LogP contribution in [0.3, 0.4) is 0 Å². The van der Waals surface area contributed by atoms with Crippen LogP contribution in [0.1, 0.15) is 11.3 Å². The van der Waals surface area contributed by atoms with E-state index in [0.29, 0.717) is 27.9 Å². The molecule has 0 atom stereocenters.